The van der Waals surface area contributed by atoms with E-state index in [0.717, 1.165) is 0 Å². The van der Waals surface area contributed by atoms with Gasteiger partial charge in [-0.05, 0) is 35.7 Å². The largest absolute Gasteiger partial charge is 0.503 e. The predicted molar refractivity (Wildman–Crippen MR) is 85.2 cm³/mol. The number of phenols is 1. The number of aromatic hydroxyl groups is 1. The van der Waals surface area contributed by atoms with Crippen molar-refractivity contribution in [3.05, 3.63) is 57.6 Å². The summed E-state index contributed by atoms with van der Waals surface area (Å²) < 4.78 is 4.97. The van der Waals surface area contributed by atoms with E-state index >= 15 is 0 Å². The van der Waals surface area contributed by atoms with Crippen molar-refractivity contribution in [1.82, 2.24) is 0 Å². The molecule has 6 heteroatoms. The molecule has 0 aliphatic rings. The molecule has 0 aliphatic heterocycles. The standard InChI is InChI=1S/C16H14Cl2O4/c1-22-13-7-4-10(14(18)15(13)19)8-12(16(20)21)9-2-5-11(17)6-3-9/h2-7,12,19H,8H2,1H3,(H,20,21). The number of rotatable bonds is 5. The summed E-state index contributed by atoms with van der Waals surface area (Å²) in [5.41, 5.74) is 1.14. The van der Waals surface area contributed by atoms with Crippen molar-refractivity contribution in [2.24, 2.45) is 0 Å². The number of methoxy groups -OCH3 is 1. The van der Waals surface area contributed by atoms with Crippen LogP contribution in [0.1, 0.15) is 17.0 Å². The Morgan fingerprint density at radius 3 is 2.36 bits per heavy atom. The van der Waals surface area contributed by atoms with E-state index in [2.05, 4.69) is 0 Å². The third kappa shape index (κ3) is 3.46. The number of carboxylic acid groups (broad SMARTS) is 1. The van der Waals surface area contributed by atoms with Gasteiger partial charge in [0.15, 0.2) is 11.5 Å². The second-order valence-corrected chi connectivity index (χ2v) is 5.55. The fourth-order valence-electron chi connectivity index (χ4n) is 2.17. The van der Waals surface area contributed by atoms with Gasteiger partial charge in [-0.1, -0.05) is 41.4 Å². The Morgan fingerprint density at radius 1 is 1.18 bits per heavy atom. The average molecular weight is 341 g/mol. The highest BCUT2D eigenvalue weighted by atomic mass is 35.5. The van der Waals surface area contributed by atoms with Crippen molar-refractivity contribution in [2.75, 3.05) is 7.11 Å². The number of ether oxygens (including phenoxy) is 1. The molecule has 2 rings (SSSR count). The molecule has 2 N–H and O–H groups in total. The van der Waals surface area contributed by atoms with Crippen LogP contribution in [0.4, 0.5) is 0 Å². The van der Waals surface area contributed by atoms with Crippen molar-refractivity contribution in [1.29, 1.82) is 0 Å². The van der Waals surface area contributed by atoms with Crippen LogP contribution in [-0.4, -0.2) is 23.3 Å². The minimum absolute atomic E-state index is 0.0968. The van der Waals surface area contributed by atoms with Gasteiger partial charge in [0.1, 0.15) is 0 Å². The number of aliphatic carboxylic acids is 1. The molecule has 0 radical (unpaired) electrons. The molecule has 0 aromatic heterocycles. The van der Waals surface area contributed by atoms with Crippen molar-refractivity contribution >= 4 is 29.2 Å². The summed E-state index contributed by atoms with van der Waals surface area (Å²) >= 11 is 11.9. The van der Waals surface area contributed by atoms with E-state index in [0.29, 0.717) is 16.1 Å². The molecule has 2 aromatic rings. The zero-order chi connectivity index (χ0) is 16.3. The summed E-state index contributed by atoms with van der Waals surface area (Å²) in [6.07, 6.45) is 0.146. The van der Waals surface area contributed by atoms with Crippen LogP contribution in [0.3, 0.4) is 0 Å². The van der Waals surface area contributed by atoms with Gasteiger partial charge in [-0.3, -0.25) is 4.79 Å². The van der Waals surface area contributed by atoms with E-state index in [9.17, 15) is 15.0 Å². The van der Waals surface area contributed by atoms with Crippen LogP contribution in [0, 0.1) is 0 Å². The Labute approximate surface area is 137 Å². The monoisotopic (exact) mass is 340 g/mol. The van der Waals surface area contributed by atoms with Crippen LogP contribution >= 0.6 is 23.2 Å². The highest BCUT2D eigenvalue weighted by Gasteiger charge is 2.23. The van der Waals surface area contributed by atoms with Gasteiger partial charge >= 0.3 is 5.97 Å². The van der Waals surface area contributed by atoms with Crippen LogP contribution in [0.15, 0.2) is 36.4 Å². The highest BCUT2D eigenvalue weighted by Crippen LogP contribution is 2.38. The third-order valence-electron chi connectivity index (χ3n) is 3.37. The number of carboxylic acids is 1. The summed E-state index contributed by atoms with van der Waals surface area (Å²) in [6.45, 7) is 0. The molecule has 0 bridgehead atoms. The van der Waals surface area contributed by atoms with Gasteiger partial charge < -0.3 is 14.9 Å². The number of hydrogen-bond acceptors (Lipinski definition) is 3. The summed E-state index contributed by atoms with van der Waals surface area (Å²) in [4.78, 5) is 11.5. The van der Waals surface area contributed by atoms with Crippen LogP contribution in [0.25, 0.3) is 0 Å². The molecule has 2 aromatic carbocycles. The van der Waals surface area contributed by atoms with Gasteiger partial charge in [-0.25, -0.2) is 0 Å². The van der Waals surface area contributed by atoms with E-state index < -0.39 is 11.9 Å². The zero-order valence-electron chi connectivity index (χ0n) is 11.7. The maximum Gasteiger partial charge on any atom is 0.311 e. The molecule has 0 fully saturated rings. The first-order valence-corrected chi connectivity index (χ1v) is 7.22. The molecule has 1 unspecified atom stereocenters. The van der Waals surface area contributed by atoms with Crippen molar-refractivity contribution in [2.45, 2.75) is 12.3 Å². The number of benzene rings is 2. The fourth-order valence-corrected chi connectivity index (χ4v) is 2.53. The van der Waals surface area contributed by atoms with Gasteiger partial charge in [-0.15, -0.1) is 0 Å². The minimum Gasteiger partial charge on any atom is -0.503 e. The molecule has 0 spiro atoms. The van der Waals surface area contributed by atoms with Crippen LogP contribution in [0.2, 0.25) is 10.0 Å². The molecule has 1 atom stereocenters. The number of hydrogen-bond donors (Lipinski definition) is 2. The lowest BCUT2D eigenvalue weighted by Gasteiger charge is -2.15. The Balaban J connectivity index is 2.35. The number of carbonyl (C=O) groups is 1. The second-order valence-electron chi connectivity index (χ2n) is 4.74. The average Bonchev–Trinajstić information content (AvgIpc) is 2.50. The SMILES string of the molecule is COc1ccc(CC(C(=O)O)c2ccc(Cl)cc2)c(Cl)c1O. The van der Waals surface area contributed by atoms with Gasteiger partial charge in [-0.2, -0.15) is 0 Å². The Bertz CT molecular complexity index is 683. The van der Waals surface area contributed by atoms with E-state index in [-0.39, 0.29) is 22.9 Å². The summed E-state index contributed by atoms with van der Waals surface area (Å²) in [5, 5.41) is 20.0. The molecule has 0 saturated carbocycles. The lowest BCUT2D eigenvalue weighted by molar-refractivity contribution is -0.138. The third-order valence-corrected chi connectivity index (χ3v) is 4.05. The lowest BCUT2D eigenvalue weighted by atomic mass is 9.92. The quantitative estimate of drug-likeness (QED) is 0.859. The van der Waals surface area contributed by atoms with Gasteiger partial charge in [0, 0.05) is 5.02 Å². The molecule has 0 heterocycles. The second kappa shape index (κ2) is 6.90. The Kier molecular flexibility index (Phi) is 5.16. The predicted octanol–water partition coefficient (Wildman–Crippen LogP) is 4.12. The summed E-state index contributed by atoms with van der Waals surface area (Å²) in [6, 6.07) is 9.81. The fraction of sp³-hybridized carbons (Fsp3) is 0.188. The zero-order valence-corrected chi connectivity index (χ0v) is 13.2. The van der Waals surface area contributed by atoms with Gasteiger partial charge in [0.25, 0.3) is 0 Å². The van der Waals surface area contributed by atoms with E-state index in [1.807, 2.05) is 0 Å². The number of phenolic OH excluding ortho intramolecular Hbond substituents is 1. The van der Waals surface area contributed by atoms with Crippen molar-refractivity contribution < 1.29 is 19.7 Å². The Morgan fingerprint density at radius 2 is 1.82 bits per heavy atom. The smallest absolute Gasteiger partial charge is 0.311 e. The topological polar surface area (TPSA) is 66.8 Å². The molecular weight excluding hydrogens is 327 g/mol. The Hall–Kier alpha value is -1.91. The molecule has 0 amide bonds. The van der Waals surface area contributed by atoms with Crippen LogP contribution < -0.4 is 4.74 Å². The van der Waals surface area contributed by atoms with E-state index in [1.165, 1.54) is 7.11 Å². The van der Waals surface area contributed by atoms with E-state index in [4.69, 9.17) is 27.9 Å². The first kappa shape index (κ1) is 16.5. The lowest BCUT2D eigenvalue weighted by Crippen LogP contribution is -2.14. The van der Waals surface area contributed by atoms with E-state index in [1.54, 1.807) is 36.4 Å². The van der Waals surface area contributed by atoms with Crippen molar-refractivity contribution in [3.8, 4) is 11.5 Å². The number of halogens is 2. The first-order valence-electron chi connectivity index (χ1n) is 6.46. The van der Waals surface area contributed by atoms with Crippen LogP contribution in [-0.2, 0) is 11.2 Å². The highest BCUT2D eigenvalue weighted by molar-refractivity contribution is 6.33. The normalized spacial score (nSPS) is 12.0. The van der Waals surface area contributed by atoms with Crippen LogP contribution in [0.5, 0.6) is 11.5 Å². The van der Waals surface area contributed by atoms with Gasteiger partial charge in [0.05, 0.1) is 18.1 Å². The molecule has 22 heavy (non-hydrogen) atoms. The molecule has 0 saturated heterocycles. The minimum atomic E-state index is -0.978. The maximum absolute atomic E-state index is 11.5. The first-order chi connectivity index (χ1) is 10.4. The molecular formula is C16H14Cl2O4. The molecule has 4 nitrogen and oxygen atoms in total. The maximum atomic E-state index is 11.5. The molecule has 0 aliphatic carbocycles. The van der Waals surface area contributed by atoms with Crippen molar-refractivity contribution in [3.63, 3.8) is 0 Å². The summed E-state index contributed by atoms with van der Waals surface area (Å²) in [5.74, 6) is -1.72. The summed E-state index contributed by atoms with van der Waals surface area (Å²) in [7, 11) is 1.42. The van der Waals surface area contributed by atoms with Gasteiger partial charge in [0.2, 0.25) is 0 Å². The molecule has 116 valence electrons.